The third kappa shape index (κ3) is 77.3. The minimum absolute atomic E-state index is 1.29. The van der Waals surface area contributed by atoms with Gasteiger partial charge in [-0.25, -0.2) is 0 Å². The normalized spacial score (nSPS) is 12.0. The molecular formula is C2H5IO2. The van der Waals surface area contributed by atoms with Crippen molar-refractivity contribution in [2.45, 2.75) is 10.7 Å². The van der Waals surface area contributed by atoms with Crippen LogP contribution in [0.2, 0.25) is 0 Å². The predicted molar refractivity (Wildman–Crippen MR) is 26.9 cm³/mol. The van der Waals surface area contributed by atoms with Crippen LogP contribution in [0.15, 0.2) is 0 Å². The maximum absolute atomic E-state index is 8.06. The molecule has 0 aliphatic carbocycles. The fourth-order valence-electron chi connectivity index (χ4n) is 0. The molecule has 0 bridgehead atoms. The summed E-state index contributed by atoms with van der Waals surface area (Å²) in [4.78, 5) is 0. The Labute approximate surface area is 44.0 Å². The van der Waals surface area contributed by atoms with E-state index in [1.807, 2.05) is 0 Å². The monoisotopic (exact) mass is 188 g/mol. The molecule has 0 saturated heterocycles. The van der Waals surface area contributed by atoms with Gasteiger partial charge in [0.05, 0.1) is 0 Å². The quantitative estimate of drug-likeness (QED) is 0.321. The Kier molecular flexibility index (Phi) is 1.58. The highest BCUT2D eigenvalue weighted by Gasteiger charge is 2.03. The van der Waals surface area contributed by atoms with E-state index < -0.39 is 3.79 Å². The Morgan fingerprint density at radius 2 is 1.60 bits per heavy atom. The largest absolute Gasteiger partial charge is 0.358 e. The Morgan fingerprint density at radius 1 is 1.60 bits per heavy atom. The highest BCUT2D eigenvalue weighted by atomic mass is 127. The van der Waals surface area contributed by atoms with E-state index in [-0.39, 0.29) is 0 Å². The van der Waals surface area contributed by atoms with Gasteiger partial charge in [-0.1, -0.05) is 0 Å². The number of alkyl halides is 1. The van der Waals surface area contributed by atoms with Gasteiger partial charge in [-0.15, -0.1) is 0 Å². The molecule has 2 N–H and O–H groups in total. The zero-order chi connectivity index (χ0) is 4.50. The molecule has 0 aliphatic rings. The number of aliphatic hydroxyl groups is 2. The molecule has 0 aromatic carbocycles. The van der Waals surface area contributed by atoms with Crippen molar-refractivity contribution >= 4 is 22.6 Å². The number of hydrogen-bond donors (Lipinski definition) is 2. The minimum atomic E-state index is -1.53. The van der Waals surface area contributed by atoms with E-state index in [9.17, 15) is 0 Å². The first-order chi connectivity index (χ1) is 2.00. The van der Waals surface area contributed by atoms with E-state index in [4.69, 9.17) is 10.2 Å². The summed E-state index contributed by atoms with van der Waals surface area (Å²) in [6.45, 7) is 1.29. The van der Waals surface area contributed by atoms with E-state index >= 15 is 0 Å². The zero-order valence-electron chi connectivity index (χ0n) is 2.77. The van der Waals surface area contributed by atoms with Crippen LogP contribution in [0.5, 0.6) is 0 Å². The Bertz CT molecular complexity index is 23.1. The van der Waals surface area contributed by atoms with E-state index in [0.29, 0.717) is 0 Å². The van der Waals surface area contributed by atoms with Gasteiger partial charge in [0, 0.05) is 0 Å². The van der Waals surface area contributed by atoms with E-state index in [0.717, 1.165) is 0 Å². The first-order valence-electron chi connectivity index (χ1n) is 1.14. The second-order valence-corrected chi connectivity index (χ2v) is 2.95. The van der Waals surface area contributed by atoms with Crippen LogP contribution < -0.4 is 0 Å². The summed E-state index contributed by atoms with van der Waals surface area (Å²) in [5.74, 6) is 0. The van der Waals surface area contributed by atoms with Crippen LogP contribution >= 0.6 is 22.6 Å². The van der Waals surface area contributed by atoms with Gasteiger partial charge in [0.25, 0.3) is 0 Å². The third-order valence-electron chi connectivity index (χ3n) is 0. The minimum Gasteiger partial charge on any atom is -0.358 e. The first kappa shape index (κ1) is 5.65. The molecule has 0 unspecified atom stereocenters. The van der Waals surface area contributed by atoms with Crippen molar-refractivity contribution in [3.63, 3.8) is 0 Å². The highest BCUT2D eigenvalue weighted by Crippen LogP contribution is 2.04. The summed E-state index contributed by atoms with van der Waals surface area (Å²) >= 11 is 1.49. The van der Waals surface area contributed by atoms with Crippen LogP contribution in [0, 0.1) is 0 Å². The van der Waals surface area contributed by atoms with Crippen molar-refractivity contribution in [3.05, 3.63) is 0 Å². The van der Waals surface area contributed by atoms with Crippen LogP contribution in [0.1, 0.15) is 6.92 Å². The van der Waals surface area contributed by atoms with Gasteiger partial charge < -0.3 is 10.2 Å². The standard InChI is InChI=1S/C2H5IO2/c1-2(3,4)5/h4-5H,1H3. The molecule has 3 heteroatoms. The van der Waals surface area contributed by atoms with E-state index in [1.54, 1.807) is 0 Å². The summed E-state index contributed by atoms with van der Waals surface area (Å²) in [7, 11) is 0. The van der Waals surface area contributed by atoms with E-state index in [2.05, 4.69) is 0 Å². The van der Waals surface area contributed by atoms with Crippen LogP contribution in [0.4, 0.5) is 0 Å². The maximum atomic E-state index is 8.06. The molecule has 0 heterocycles. The number of rotatable bonds is 0. The van der Waals surface area contributed by atoms with Gasteiger partial charge in [-0.05, 0) is 29.5 Å². The fourth-order valence-corrected chi connectivity index (χ4v) is 0. The molecule has 0 atom stereocenters. The van der Waals surface area contributed by atoms with Crippen molar-refractivity contribution in [3.8, 4) is 0 Å². The molecule has 5 heavy (non-hydrogen) atoms. The lowest BCUT2D eigenvalue weighted by molar-refractivity contribution is -0.0410. The Morgan fingerprint density at radius 3 is 1.60 bits per heavy atom. The topological polar surface area (TPSA) is 40.5 Å². The van der Waals surface area contributed by atoms with Crippen LogP contribution in [0.3, 0.4) is 0 Å². The summed E-state index contributed by atoms with van der Waals surface area (Å²) in [5, 5.41) is 16.1. The lowest BCUT2D eigenvalue weighted by Crippen LogP contribution is -2.09. The van der Waals surface area contributed by atoms with Crippen molar-refractivity contribution in [1.29, 1.82) is 0 Å². The van der Waals surface area contributed by atoms with Crippen LogP contribution in [0.25, 0.3) is 0 Å². The smallest absolute Gasteiger partial charge is 0.213 e. The first-order valence-corrected chi connectivity index (χ1v) is 2.21. The average molecular weight is 188 g/mol. The molecule has 0 aliphatic heterocycles. The Balaban J connectivity index is 3.02. The summed E-state index contributed by atoms with van der Waals surface area (Å²) < 4.78 is -1.53. The molecule has 0 radical (unpaired) electrons. The SMILES string of the molecule is CC(O)(O)I. The molecule has 0 spiro atoms. The number of halogens is 1. The molecular weight excluding hydrogens is 183 g/mol. The molecule has 0 rings (SSSR count). The summed E-state index contributed by atoms with van der Waals surface area (Å²) in [6.07, 6.45) is 0. The second-order valence-electron chi connectivity index (χ2n) is 0.905. The highest BCUT2D eigenvalue weighted by molar-refractivity contribution is 14.1. The maximum Gasteiger partial charge on any atom is 0.213 e. The van der Waals surface area contributed by atoms with Gasteiger partial charge in [-0.2, -0.15) is 0 Å². The van der Waals surface area contributed by atoms with Crippen molar-refractivity contribution in [2.24, 2.45) is 0 Å². The van der Waals surface area contributed by atoms with Crippen molar-refractivity contribution in [2.75, 3.05) is 0 Å². The molecule has 0 amide bonds. The molecule has 0 saturated carbocycles. The molecule has 0 aromatic rings. The summed E-state index contributed by atoms with van der Waals surface area (Å²) in [5.41, 5.74) is 0. The lowest BCUT2D eigenvalue weighted by atomic mass is 10.8. The number of hydrogen-bond acceptors (Lipinski definition) is 2. The van der Waals surface area contributed by atoms with E-state index in [1.165, 1.54) is 29.5 Å². The van der Waals surface area contributed by atoms with Crippen molar-refractivity contribution < 1.29 is 10.2 Å². The molecule has 0 fully saturated rings. The van der Waals surface area contributed by atoms with Gasteiger partial charge >= 0.3 is 0 Å². The van der Waals surface area contributed by atoms with Gasteiger partial charge in [0.2, 0.25) is 3.79 Å². The summed E-state index contributed by atoms with van der Waals surface area (Å²) in [6, 6.07) is 0. The third-order valence-corrected chi connectivity index (χ3v) is 0. The Hall–Kier alpha value is 0.650. The average Bonchev–Trinajstić information content (AvgIpc) is 0.722. The zero-order valence-corrected chi connectivity index (χ0v) is 4.93. The van der Waals surface area contributed by atoms with Gasteiger partial charge in [0.1, 0.15) is 0 Å². The molecule has 32 valence electrons. The van der Waals surface area contributed by atoms with Gasteiger partial charge in [-0.3, -0.25) is 0 Å². The predicted octanol–water partition coefficient (Wildman–Crippen LogP) is 0.0797. The second kappa shape index (κ2) is 1.40. The van der Waals surface area contributed by atoms with Crippen LogP contribution in [-0.4, -0.2) is 14.0 Å². The molecule has 0 aromatic heterocycles. The lowest BCUT2D eigenvalue weighted by Gasteiger charge is -2.00. The van der Waals surface area contributed by atoms with Crippen LogP contribution in [-0.2, 0) is 0 Å². The fraction of sp³-hybridized carbons (Fsp3) is 1.00. The molecule has 2 nitrogen and oxygen atoms in total. The van der Waals surface area contributed by atoms with Crippen molar-refractivity contribution in [1.82, 2.24) is 0 Å². The van der Waals surface area contributed by atoms with Gasteiger partial charge in [0.15, 0.2) is 0 Å².